The Morgan fingerprint density at radius 1 is 0.565 bits per heavy atom. The largest absolute Gasteiger partial charge is 0.500 e. The van der Waals surface area contributed by atoms with Gasteiger partial charge in [0.15, 0.2) is 0 Å². The van der Waals surface area contributed by atoms with Gasteiger partial charge in [0.2, 0.25) is 0 Å². The predicted molar refractivity (Wildman–Crippen MR) is 102 cm³/mol. The summed E-state index contributed by atoms with van der Waals surface area (Å²) in [4.78, 5) is 0. The Balaban J connectivity index is 3.28. The van der Waals surface area contributed by atoms with E-state index in [1.54, 1.807) is 21.3 Å². The Bertz CT molecular complexity index is 235. The highest BCUT2D eigenvalue weighted by atomic mass is 28.4. The minimum absolute atomic E-state index is 0.875. The second-order valence-electron chi connectivity index (χ2n) is 7.12. The number of unbranched alkanes of at least 4 members (excludes halogenated alkanes) is 10. The molecule has 0 saturated heterocycles. The van der Waals surface area contributed by atoms with Gasteiger partial charge in [-0.3, -0.25) is 0 Å². The van der Waals surface area contributed by atoms with Crippen molar-refractivity contribution in [3.8, 4) is 0 Å². The average molecular weight is 347 g/mol. The summed E-state index contributed by atoms with van der Waals surface area (Å²) < 4.78 is 16.3. The van der Waals surface area contributed by atoms with Crippen LogP contribution in [0.3, 0.4) is 0 Å². The molecular weight excluding hydrogens is 304 g/mol. The van der Waals surface area contributed by atoms with Gasteiger partial charge in [-0.25, -0.2) is 0 Å². The Hall–Kier alpha value is 0.0969. The third kappa shape index (κ3) is 13.1. The van der Waals surface area contributed by atoms with Crippen LogP contribution in [0.4, 0.5) is 0 Å². The van der Waals surface area contributed by atoms with Crippen molar-refractivity contribution in [1.29, 1.82) is 0 Å². The molecule has 0 radical (unpaired) electrons. The van der Waals surface area contributed by atoms with Gasteiger partial charge in [-0.15, -0.1) is 0 Å². The van der Waals surface area contributed by atoms with Crippen LogP contribution in [0.5, 0.6) is 0 Å². The fourth-order valence-electron chi connectivity index (χ4n) is 3.04. The molecule has 0 aromatic heterocycles. The summed E-state index contributed by atoms with van der Waals surface area (Å²) in [5, 5.41) is 0. The van der Waals surface area contributed by atoms with Crippen molar-refractivity contribution in [3.05, 3.63) is 0 Å². The number of hydrogen-bond acceptors (Lipinski definition) is 3. The maximum absolute atomic E-state index is 5.44. The highest BCUT2D eigenvalue weighted by Crippen LogP contribution is 2.18. The molecular formula is C19H42O3Si. The predicted octanol–water partition coefficient (Wildman–Crippen LogP) is 6.20. The summed E-state index contributed by atoms with van der Waals surface area (Å²) in [6, 6.07) is 0.937. The average Bonchev–Trinajstić information content (AvgIpc) is 2.56. The standard InChI is InChI=1S/C19H42O3Si/c1-19(2)17-15-13-11-9-7-6-8-10-12-14-16-18-23(20-3,21-4)22-5/h19H,6-18H2,1-5H3. The molecule has 0 aromatic rings. The number of hydrogen-bond donors (Lipinski definition) is 0. The highest BCUT2D eigenvalue weighted by Gasteiger charge is 2.36. The summed E-state index contributed by atoms with van der Waals surface area (Å²) in [6.45, 7) is 4.64. The van der Waals surface area contributed by atoms with Crippen LogP contribution in [-0.2, 0) is 13.3 Å². The Kier molecular flexibility index (Phi) is 15.7. The van der Waals surface area contributed by atoms with E-state index in [2.05, 4.69) is 13.8 Å². The van der Waals surface area contributed by atoms with Gasteiger partial charge in [0.1, 0.15) is 0 Å². The molecule has 0 bridgehead atoms. The zero-order chi connectivity index (χ0) is 17.4. The lowest BCUT2D eigenvalue weighted by molar-refractivity contribution is 0.122. The van der Waals surface area contributed by atoms with Crippen molar-refractivity contribution < 1.29 is 13.3 Å². The first kappa shape index (κ1) is 23.1. The van der Waals surface area contributed by atoms with E-state index in [0.717, 1.165) is 18.4 Å². The molecule has 0 aliphatic heterocycles. The second-order valence-corrected chi connectivity index (χ2v) is 10.2. The quantitative estimate of drug-likeness (QED) is 0.232. The van der Waals surface area contributed by atoms with Crippen molar-refractivity contribution in [2.75, 3.05) is 21.3 Å². The van der Waals surface area contributed by atoms with Gasteiger partial charge in [-0.2, -0.15) is 0 Å². The minimum Gasteiger partial charge on any atom is -0.377 e. The normalized spacial score (nSPS) is 12.3. The van der Waals surface area contributed by atoms with Gasteiger partial charge < -0.3 is 13.3 Å². The Morgan fingerprint density at radius 2 is 0.913 bits per heavy atom. The van der Waals surface area contributed by atoms with Gasteiger partial charge in [0, 0.05) is 27.4 Å². The van der Waals surface area contributed by atoms with E-state index in [1.807, 2.05) is 0 Å². The van der Waals surface area contributed by atoms with E-state index in [-0.39, 0.29) is 0 Å². The van der Waals surface area contributed by atoms with Crippen LogP contribution in [0, 0.1) is 5.92 Å². The summed E-state index contributed by atoms with van der Waals surface area (Å²) in [7, 11) is 2.77. The van der Waals surface area contributed by atoms with E-state index < -0.39 is 8.80 Å². The zero-order valence-corrected chi connectivity index (χ0v) is 17.5. The monoisotopic (exact) mass is 346 g/mol. The molecule has 23 heavy (non-hydrogen) atoms. The first-order valence-corrected chi connectivity index (χ1v) is 11.7. The van der Waals surface area contributed by atoms with E-state index in [9.17, 15) is 0 Å². The van der Waals surface area contributed by atoms with Crippen LogP contribution in [0.25, 0.3) is 0 Å². The Morgan fingerprint density at radius 3 is 1.26 bits per heavy atom. The molecule has 0 amide bonds. The van der Waals surface area contributed by atoms with Crippen LogP contribution < -0.4 is 0 Å². The first-order chi connectivity index (χ1) is 11.1. The molecule has 140 valence electrons. The van der Waals surface area contributed by atoms with E-state index in [0.29, 0.717) is 0 Å². The SMILES string of the molecule is CO[Si](CCCCCCCCCCCCCC(C)C)(OC)OC. The summed E-state index contributed by atoms with van der Waals surface area (Å²) >= 11 is 0. The molecule has 0 rings (SSSR count). The van der Waals surface area contributed by atoms with Crippen molar-refractivity contribution in [2.24, 2.45) is 5.92 Å². The lowest BCUT2D eigenvalue weighted by Gasteiger charge is -2.24. The second kappa shape index (κ2) is 15.6. The summed E-state index contributed by atoms with van der Waals surface area (Å²) in [6.07, 6.45) is 16.5. The molecule has 0 aliphatic rings. The molecule has 0 spiro atoms. The Labute approximate surface area is 146 Å². The number of rotatable bonds is 17. The zero-order valence-electron chi connectivity index (χ0n) is 16.5. The maximum atomic E-state index is 5.44. The minimum atomic E-state index is -2.32. The van der Waals surface area contributed by atoms with Gasteiger partial charge in [0.25, 0.3) is 0 Å². The lowest BCUT2D eigenvalue weighted by atomic mass is 10.0. The molecule has 0 N–H and O–H groups in total. The summed E-state index contributed by atoms with van der Waals surface area (Å²) in [5.41, 5.74) is 0. The third-order valence-electron chi connectivity index (χ3n) is 4.70. The topological polar surface area (TPSA) is 27.7 Å². The van der Waals surface area contributed by atoms with Crippen LogP contribution in [-0.4, -0.2) is 30.1 Å². The van der Waals surface area contributed by atoms with Crippen molar-refractivity contribution in [3.63, 3.8) is 0 Å². The van der Waals surface area contributed by atoms with Crippen molar-refractivity contribution >= 4 is 8.80 Å². The van der Waals surface area contributed by atoms with E-state index in [4.69, 9.17) is 13.3 Å². The van der Waals surface area contributed by atoms with Crippen molar-refractivity contribution in [1.82, 2.24) is 0 Å². The van der Waals surface area contributed by atoms with Crippen LogP contribution >= 0.6 is 0 Å². The third-order valence-corrected chi connectivity index (χ3v) is 7.53. The fourth-order valence-corrected chi connectivity index (χ4v) is 4.84. The fraction of sp³-hybridized carbons (Fsp3) is 1.00. The lowest BCUT2D eigenvalue weighted by Crippen LogP contribution is -2.42. The molecule has 0 fully saturated rings. The van der Waals surface area contributed by atoms with Gasteiger partial charge in [-0.05, 0) is 12.3 Å². The van der Waals surface area contributed by atoms with E-state index >= 15 is 0 Å². The van der Waals surface area contributed by atoms with Crippen LogP contribution in [0.15, 0.2) is 0 Å². The van der Waals surface area contributed by atoms with Crippen LogP contribution in [0.2, 0.25) is 6.04 Å². The molecule has 0 saturated carbocycles. The van der Waals surface area contributed by atoms with Crippen LogP contribution in [0.1, 0.15) is 90.9 Å². The maximum Gasteiger partial charge on any atom is 0.500 e. The van der Waals surface area contributed by atoms with Gasteiger partial charge >= 0.3 is 8.80 Å². The molecule has 0 aromatic carbocycles. The smallest absolute Gasteiger partial charge is 0.377 e. The first-order valence-electron chi connectivity index (χ1n) is 9.75. The molecule has 4 heteroatoms. The molecule has 0 heterocycles. The molecule has 0 atom stereocenters. The van der Waals surface area contributed by atoms with Crippen molar-refractivity contribution in [2.45, 2.75) is 96.9 Å². The highest BCUT2D eigenvalue weighted by molar-refractivity contribution is 6.60. The molecule has 0 unspecified atom stereocenters. The molecule has 3 nitrogen and oxygen atoms in total. The van der Waals surface area contributed by atoms with Gasteiger partial charge in [0.05, 0.1) is 0 Å². The summed E-state index contributed by atoms with van der Waals surface area (Å²) in [5.74, 6) is 0.875. The molecule has 0 aliphatic carbocycles. The van der Waals surface area contributed by atoms with Gasteiger partial charge in [-0.1, -0.05) is 84.5 Å². The van der Waals surface area contributed by atoms with E-state index in [1.165, 1.54) is 70.6 Å².